The Bertz CT molecular complexity index is 174. The van der Waals surface area contributed by atoms with E-state index in [-0.39, 0.29) is 5.91 Å². The lowest BCUT2D eigenvalue weighted by Gasteiger charge is -2.13. The Morgan fingerprint density at radius 2 is 2.06 bits per heavy atom. The molecular weight excluding hydrogens is 206 g/mol. The van der Waals surface area contributed by atoms with E-state index in [2.05, 4.69) is 12.2 Å². The highest BCUT2D eigenvalue weighted by molar-refractivity contribution is 5.75. The van der Waals surface area contributed by atoms with Crippen LogP contribution < -0.4 is 5.32 Å². The van der Waals surface area contributed by atoms with E-state index < -0.39 is 0 Å². The first-order chi connectivity index (χ1) is 7.74. The van der Waals surface area contributed by atoms with Crippen LogP contribution in [0.15, 0.2) is 0 Å². The van der Waals surface area contributed by atoms with Gasteiger partial charge in [0.1, 0.15) is 0 Å². The molecule has 0 fully saturated rings. The van der Waals surface area contributed by atoms with Gasteiger partial charge in [0.2, 0.25) is 5.91 Å². The van der Waals surface area contributed by atoms with E-state index in [9.17, 15) is 4.79 Å². The molecule has 16 heavy (non-hydrogen) atoms. The number of hydrogen-bond donors (Lipinski definition) is 1. The number of rotatable bonds is 10. The van der Waals surface area contributed by atoms with Crippen LogP contribution in [0.3, 0.4) is 0 Å². The first-order valence-corrected chi connectivity index (χ1v) is 6.07. The molecule has 0 radical (unpaired) electrons. The van der Waals surface area contributed by atoms with Crippen molar-refractivity contribution in [3.8, 4) is 0 Å². The van der Waals surface area contributed by atoms with Gasteiger partial charge in [-0.05, 0) is 12.8 Å². The van der Waals surface area contributed by atoms with E-state index in [4.69, 9.17) is 9.47 Å². The van der Waals surface area contributed by atoms with Crippen molar-refractivity contribution in [2.24, 2.45) is 5.92 Å². The zero-order valence-electron chi connectivity index (χ0n) is 10.8. The predicted molar refractivity (Wildman–Crippen MR) is 64.4 cm³/mol. The van der Waals surface area contributed by atoms with E-state index in [1.807, 2.05) is 6.92 Å². The molecule has 0 saturated heterocycles. The van der Waals surface area contributed by atoms with Crippen LogP contribution in [0.1, 0.15) is 33.1 Å². The van der Waals surface area contributed by atoms with Gasteiger partial charge in [0.05, 0.1) is 13.2 Å². The third kappa shape index (κ3) is 8.68. The second-order valence-corrected chi connectivity index (χ2v) is 3.86. The molecule has 0 aromatic heterocycles. The summed E-state index contributed by atoms with van der Waals surface area (Å²) in [5.74, 6) is 0.584. The Morgan fingerprint density at radius 3 is 2.62 bits per heavy atom. The summed E-state index contributed by atoms with van der Waals surface area (Å²) >= 11 is 0. The fourth-order valence-electron chi connectivity index (χ4n) is 1.30. The topological polar surface area (TPSA) is 47.6 Å². The maximum absolute atomic E-state index is 10.9. The smallest absolute Gasteiger partial charge is 0.219 e. The van der Waals surface area contributed by atoms with Crippen LogP contribution in [0.5, 0.6) is 0 Å². The van der Waals surface area contributed by atoms with Crippen molar-refractivity contribution in [2.45, 2.75) is 33.1 Å². The minimum Gasteiger partial charge on any atom is -0.384 e. The molecule has 0 aliphatic carbocycles. The van der Waals surface area contributed by atoms with Crippen molar-refractivity contribution in [3.63, 3.8) is 0 Å². The second kappa shape index (κ2) is 10.9. The standard InChI is InChI=1S/C12H25NO3/c1-4-11(9-15-3)10-16-8-6-7-13-12(14)5-2/h11H,4-10H2,1-3H3,(H,13,14). The van der Waals surface area contributed by atoms with Crippen molar-refractivity contribution >= 4 is 5.91 Å². The SMILES string of the molecule is CCC(=O)NCCCOCC(CC)COC. The van der Waals surface area contributed by atoms with Crippen molar-refractivity contribution in [3.05, 3.63) is 0 Å². The molecule has 0 aromatic rings. The van der Waals surface area contributed by atoms with Crippen LogP contribution >= 0.6 is 0 Å². The molecule has 4 heteroatoms. The van der Waals surface area contributed by atoms with Crippen molar-refractivity contribution in [2.75, 3.05) is 33.5 Å². The lowest BCUT2D eigenvalue weighted by molar-refractivity contribution is -0.120. The first-order valence-electron chi connectivity index (χ1n) is 6.07. The Hall–Kier alpha value is -0.610. The summed E-state index contributed by atoms with van der Waals surface area (Å²) < 4.78 is 10.6. The third-order valence-corrected chi connectivity index (χ3v) is 2.44. The Labute approximate surface area is 98.7 Å². The van der Waals surface area contributed by atoms with Gasteiger partial charge in [-0.15, -0.1) is 0 Å². The van der Waals surface area contributed by atoms with Crippen LogP contribution in [0.4, 0.5) is 0 Å². The zero-order valence-corrected chi connectivity index (χ0v) is 10.8. The lowest BCUT2D eigenvalue weighted by atomic mass is 10.1. The Morgan fingerprint density at radius 1 is 1.31 bits per heavy atom. The molecule has 96 valence electrons. The summed E-state index contributed by atoms with van der Waals surface area (Å²) in [6.45, 7) is 6.88. The van der Waals surface area contributed by atoms with Crippen molar-refractivity contribution < 1.29 is 14.3 Å². The number of hydrogen-bond acceptors (Lipinski definition) is 3. The summed E-state index contributed by atoms with van der Waals surface area (Å²) in [6, 6.07) is 0. The zero-order chi connectivity index (χ0) is 12.2. The lowest BCUT2D eigenvalue weighted by Crippen LogP contribution is -2.24. The van der Waals surface area contributed by atoms with E-state index in [0.29, 0.717) is 25.5 Å². The fraction of sp³-hybridized carbons (Fsp3) is 0.917. The molecule has 1 amide bonds. The Balaban J connectivity index is 3.28. The van der Waals surface area contributed by atoms with E-state index >= 15 is 0 Å². The van der Waals surface area contributed by atoms with Gasteiger partial charge in [0, 0.05) is 32.6 Å². The molecule has 0 rings (SSSR count). The van der Waals surface area contributed by atoms with Gasteiger partial charge in [-0.3, -0.25) is 4.79 Å². The normalized spacial score (nSPS) is 12.4. The molecule has 0 spiro atoms. The van der Waals surface area contributed by atoms with Gasteiger partial charge in [0.15, 0.2) is 0 Å². The molecular formula is C12H25NO3. The number of nitrogens with one attached hydrogen (secondary N) is 1. The second-order valence-electron chi connectivity index (χ2n) is 3.86. The van der Waals surface area contributed by atoms with E-state index in [1.54, 1.807) is 7.11 Å². The number of methoxy groups -OCH3 is 1. The summed E-state index contributed by atoms with van der Waals surface area (Å²) in [7, 11) is 1.71. The highest BCUT2D eigenvalue weighted by Crippen LogP contribution is 2.03. The number of ether oxygens (including phenoxy) is 2. The summed E-state index contributed by atoms with van der Waals surface area (Å²) in [5.41, 5.74) is 0. The van der Waals surface area contributed by atoms with Gasteiger partial charge in [0.25, 0.3) is 0 Å². The van der Waals surface area contributed by atoms with Crippen LogP contribution in [0.25, 0.3) is 0 Å². The van der Waals surface area contributed by atoms with Gasteiger partial charge in [-0.2, -0.15) is 0 Å². The van der Waals surface area contributed by atoms with Gasteiger partial charge < -0.3 is 14.8 Å². The molecule has 0 saturated carbocycles. The largest absolute Gasteiger partial charge is 0.384 e. The average molecular weight is 231 g/mol. The van der Waals surface area contributed by atoms with Crippen LogP contribution in [0.2, 0.25) is 0 Å². The molecule has 0 bridgehead atoms. The number of carbonyl (C=O) groups excluding carboxylic acids is 1. The molecule has 1 atom stereocenters. The van der Waals surface area contributed by atoms with Crippen molar-refractivity contribution in [1.82, 2.24) is 5.32 Å². The molecule has 0 aliphatic rings. The molecule has 1 unspecified atom stereocenters. The number of carbonyl (C=O) groups is 1. The minimum atomic E-state index is 0.103. The highest BCUT2D eigenvalue weighted by atomic mass is 16.5. The van der Waals surface area contributed by atoms with Crippen LogP contribution in [-0.4, -0.2) is 39.4 Å². The third-order valence-electron chi connectivity index (χ3n) is 2.44. The predicted octanol–water partition coefficient (Wildman–Crippen LogP) is 1.59. The summed E-state index contributed by atoms with van der Waals surface area (Å²) in [6.07, 6.45) is 2.49. The minimum absolute atomic E-state index is 0.103. The average Bonchev–Trinajstić information content (AvgIpc) is 2.31. The maximum atomic E-state index is 10.9. The quantitative estimate of drug-likeness (QED) is 0.581. The van der Waals surface area contributed by atoms with Crippen molar-refractivity contribution in [1.29, 1.82) is 0 Å². The molecule has 1 N–H and O–H groups in total. The van der Waals surface area contributed by atoms with Crippen LogP contribution in [-0.2, 0) is 14.3 Å². The molecule has 0 heterocycles. The van der Waals surface area contributed by atoms with Crippen LogP contribution in [0, 0.1) is 5.92 Å². The number of amides is 1. The monoisotopic (exact) mass is 231 g/mol. The summed E-state index contributed by atoms with van der Waals surface area (Å²) in [5, 5.41) is 2.82. The maximum Gasteiger partial charge on any atom is 0.219 e. The first kappa shape index (κ1) is 15.4. The fourth-order valence-corrected chi connectivity index (χ4v) is 1.30. The van der Waals surface area contributed by atoms with Gasteiger partial charge >= 0.3 is 0 Å². The van der Waals surface area contributed by atoms with E-state index in [0.717, 1.165) is 26.1 Å². The van der Waals surface area contributed by atoms with E-state index in [1.165, 1.54) is 0 Å². The molecule has 4 nitrogen and oxygen atoms in total. The molecule has 0 aliphatic heterocycles. The van der Waals surface area contributed by atoms with Gasteiger partial charge in [-0.1, -0.05) is 13.8 Å². The highest BCUT2D eigenvalue weighted by Gasteiger charge is 2.05. The molecule has 0 aromatic carbocycles. The Kier molecular flexibility index (Phi) is 10.5. The van der Waals surface area contributed by atoms with Gasteiger partial charge in [-0.25, -0.2) is 0 Å². The summed E-state index contributed by atoms with van der Waals surface area (Å²) in [4.78, 5) is 10.9.